The standard InChI is InChI=1S/C34H40N2O3/c1-22-16-17-35(20-22)23(2)21-39-30-13-10-25(11-14-30)34-33(26-6-4-9-28(37)18-26)24(3)31-19-29(38)12-15-32(31)36(34)27-7-5-8-27/h4,6,9-15,18-19,22-23,27,34,37-38H,5,7-8,16-17,20-21H2,1-3H3. The molecule has 1 aliphatic carbocycles. The van der Waals surface area contributed by atoms with Crippen LogP contribution >= 0.6 is 0 Å². The second kappa shape index (κ2) is 10.6. The van der Waals surface area contributed by atoms with Crippen LogP contribution in [-0.2, 0) is 0 Å². The summed E-state index contributed by atoms with van der Waals surface area (Å²) in [5, 5.41) is 20.8. The van der Waals surface area contributed by atoms with Crippen LogP contribution in [0.15, 0.2) is 66.7 Å². The number of fused-ring (bicyclic) bond motifs is 1. The van der Waals surface area contributed by atoms with Crippen LogP contribution in [-0.4, -0.2) is 46.9 Å². The van der Waals surface area contributed by atoms with Gasteiger partial charge in [-0.3, -0.25) is 4.90 Å². The van der Waals surface area contributed by atoms with Crippen LogP contribution < -0.4 is 9.64 Å². The molecule has 204 valence electrons. The number of hydrogen-bond donors (Lipinski definition) is 2. The molecule has 3 aromatic rings. The minimum absolute atomic E-state index is 0.00629. The fraction of sp³-hybridized carbons (Fsp3) is 0.412. The molecule has 3 unspecified atom stereocenters. The Kier molecular flexibility index (Phi) is 7.03. The molecule has 3 aromatic carbocycles. The normalized spacial score (nSPS) is 22.5. The van der Waals surface area contributed by atoms with Crippen molar-refractivity contribution in [2.24, 2.45) is 5.92 Å². The fourth-order valence-corrected chi connectivity index (χ4v) is 6.56. The summed E-state index contributed by atoms with van der Waals surface area (Å²) in [5.74, 6) is 2.20. The van der Waals surface area contributed by atoms with Gasteiger partial charge in [-0.25, -0.2) is 0 Å². The second-order valence-electron chi connectivity index (χ2n) is 11.8. The van der Waals surface area contributed by atoms with Crippen molar-refractivity contribution in [2.45, 2.75) is 64.6 Å². The molecule has 2 heterocycles. The lowest BCUT2D eigenvalue weighted by Gasteiger charge is -2.49. The first-order valence-corrected chi connectivity index (χ1v) is 14.5. The molecule has 6 rings (SSSR count). The van der Waals surface area contributed by atoms with Gasteiger partial charge in [0.15, 0.2) is 0 Å². The maximum atomic E-state index is 10.4. The lowest BCUT2D eigenvalue weighted by Crippen LogP contribution is -2.45. The number of anilines is 1. The van der Waals surface area contributed by atoms with Gasteiger partial charge in [-0.2, -0.15) is 0 Å². The Morgan fingerprint density at radius 2 is 1.72 bits per heavy atom. The SMILES string of the molecule is CC1=C(c2cccc(O)c2)C(c2ccc(OCC(C)N3CCC(C)C3)cc2)N(C2CCC2)c2ccc(O)cc21. The molecule has 2 aliphatic heterocycles. The molecule has 1 saturated heterocycles. The van der Waals surface area contributed by atoms with Crippen LogP contribution in [0.3, 0.4) is 0 Å². The van der Waals surface area contributed by atoms with Gasteiger partial charge >= 0.3 is 0 Å². The van der Waals surface area contributed by atoms with E-state index in [1.165, 1.54) is 24.0 Å². The average Bonchev–Trinajstić information content (AvgIpc) is 3.34. The Labute approximate surface area is 232 Å². The van der Waals surface area contributed by atoms with Gasteiger partial charge in [-0.05, 0) is 117 Å². The molecule has 5 heteroatoms. The van der Waals surface area contributed by atoms with E-state index in [1.54, 1.807) is 12.1 Å². The first-order chi connectivity index (χ1) is 18.9. The molecule has 5 nitrogen and oxygen atoms in total. The van der Waals surface area contributed by atoms with Crippen LogP contribution in [0, 0.1) is 5.92 Å². The molecule has 0 aromatic heterocycles. The second-order valence-corrected chi connectivity index (χ2v) is 11.8. The highest BCUT2D eigenvalue weighted by Gasteiger charge is 2.39. The summed E-state index contributed by atoms with van der Waals surface area (Å²) in [6.07, 6.45) is 4.80. The van der Waals surface area contributed by atoms with Gasteiger partial charge < -0.3 is 19.8 Å². The first kappa shape index (κ1) is 25.8. The summed E-state index contributed by atoms with van der Waals surface area (Å²) in [6, 6.07) is 22.8. The van der Waals surface area contributed by atoms with E-state index >= 15 is 0 Å². The monoisotopic (exact) mass is 524 g/mol. The molecular formula is C34H40N2O3. The third kappa shape index (κ3) is 5.00. The number of benzene rings is 3. The lowest BCUT2D eigenvalue weighted by atomic mass is 9.78. The summed E-state index contributed by atoms with van der Waals surface area (Å²) < 4.78 is 6.25. The van der Waals surface area contributed by atoms with Gasteiger partial charge in [-0.1, -0.05) is 31.2 Å². The van der Waals surface area contributed by atoms with Gasteiger partial charge in [0, 0.05) is 29.9 Å². The fourth-order valence-electron chi connectivity index (χ4n) is 6.56. The maximum Gasteiger partial charge on any atom is 0.119 e. The van der Waals surface area contributed by atoms with E-state index in [0.717, 1.165) is 60.0 Å². The molecule has 0 spiro atoms. The molecular weight excluding hydrogens is 484 g/mol. The summed E-state index contributed by atoms with van der Waals surface area (Å²) in [6.45, 7) is 9.73. The quantitative estimate of drug-likeness (QED) is 0.341. The molecule has 2 fully saturated rings. The predicted molar refractivity (Wildman–Crippen MR) is 158 cm³/mol. The van der Waals surface area contributed by atoms with E-state index in [1.807, 2.05) is 18.2 Å². The number of aromatic hydroxyl groups is 2. The first-order valence-electron chi connectivity index (χ1n) is 14.5. The molecule has 0 bridgehead atoms. The van der Waals surface area contributed by atoms with E-state index in [0.29, 0.717) is 18.7 Å². The lowest BCUT2D eigenvalue weighted by molar-refractivity contribution is 0.169. The Morgan fingerprint density at radius 3 is 2.38 bits per heavy atom. The van der Waals surface area contributed by atoms with Crippen molar-refractivity contribution in [3.8, 4) is 17.2 Å². The molecule has 2 N–H and O–H groups in total. The Balaban J connectivity index is 1.36. The highest BCUT2D eigenvalue weighted by atomic mass is 16.5. The Hall–Kier alpha value is -3.44. The molecule has 0 amide bonds. The Morgan fingerprint density at radius 1 is 0.949 bits per heavy atom. The molecule has 39 heavy (non-hydrogen) atoms. The van der Waals surface area contributed by atoms with Gasteiger partial charge in [0.05, 0.1) is 6.04 Å². The number of likely N-dealkylation sites (tertiary alicyclic amines) is 1. The molecule has 3 aliphatic rings. The van der Waals surface area contributed by atoms with Crippen LogP contribution in [0.2, 0.25) is 0 Å². The maximum absolute atomic E-state index is 10.4. The summed E-state index contributed by atoms with van der Waals surface area (Å²) >= 11 is 0. The van der Waals surface area contributed by atoms with Crippen molar-refractivity contribution in [3.63, 3.8) is 0 Å². The summed E-state index contributed by atoms with van der Waals surface area (Å²) in [7, 11) is 0. The van der Waals surface area contributed by atoms with Crippen molar-refractivity contribution in [1.29, 1.82) is 0 Å². The van der Waals surface area contributed by atoms with Crippen molar-refractivity contribution < 1.29 is 14.9 Å². The number of phenolic OH excluding ortho intramolecular Hbond substituents is 2. The van der Waals surface area contributed by atoms with Crippen molar-refractivity contribution in [3.05, 3.63) is 83.4 Å². The minimum Gasteiger partial charge on any atom is -0.508 e. The average molecular weight is 525 g/mol. The van der Waals surface area contributed by atoms with E-state index in [4.69, 9.17) is 4.74 Å². The van der Waals surface area contributed by atoms with Crippen LogP contribution in [0.25, 0.3) is 11.1 Å². The number of allylic oxidation sites excluding steroid dienone is 1. The zero-order chi connectivity index (χ0) is 27.1. The molecule has 1 saturated carbocycles. The zero-order valence-corrected chi connectivity index (χ0v) is 23.3. The topological polar surface area (TPSA) is 56.2 Å². The summed E-state index contributed by atoms with van der Waals surface area (Å²) in [5.41, 5.74) is 6.72. The van der Waals surface area contributed by atoms with E-state index in [9.17, 15) is 10.2 Å². The minimum atomic E-state index is -0.00629. The smallest absolute Gasteiger partial charge is 0.119 e. The van der Waals surface area contributed by atoms with Gasteiger partial charge in [-0.15, -0.1) is 0 Å². The largest absolute Gasteiger partial charge is 0.508 e. The number of phenols is 2. The van der Waals surface area contributed by atoms with Gasteiger partial charge in [0.2, 0.25) is 0 Å². The molecule has 3 atom stereocenters. The highest BCUT2D eigenvalue weighted by molar-refractivity contribution is 6.00. The van der Waals surface area contributed by atoms with Gasteiger partial charge in [0.1, 0.15) is 23.9 Å². The molecule has 0 radical (unpaired) electrons. The van der Waals surface area contributed by atoms with Crippen LogP contribution in [0.4, 0.5) is 5.69 Å². The zero-order valence-electron chi connectivity index (χ0n) is 23.3. The predicted octanol–water partition coefficient (Wildman–Crippen LogP) is 7.25. The highest BCUT2D eigenvalue weighted by Crippen LogP contribution is 2.52. The van der Waals surface area contributed by atoms with E-state index < -0.39 is 0 Å². The van der Waals surface area contributed by atoms with Crippen molar-refractivity contribution in [2.75, 3.05) is 24.6 Å². The van der Waals surface area contributed by atoms with Crippen LogP contribution in [0.5, 0.6) is 17.2 Å². The van der Waals surface area contributed by atoms with Crippen molar-refractivity contribution >= 4 is 16.8 Å². The third-order valence-electron chi connectivity index (χ3n) is 9.01. The van der Waals surface area contributed by atoms with Gasteiger partial charge in [0.25, 0.3) is 0 Å². The number of rotatable bonds is 7. The number of nitrogens with zero attached hydrogens (tertiary/aromatic N) is 2. The third-order valence-corrected chi connectivity index (χ3v) is 9.01. The van der Waals surface area contributed by atoms with E-state index in [2.05, 4.69) is 67.0 Å². The van der Waals surface area contributed by atoms with Crippen molar-refractivity contribution in [1.82, 2.24) is 4.90 Å². The Bertz CT molecular complexity index is 1360. The van der Waals surface area contributed by atoms with E-state index in [-0.39, 0.29) is 17.5 Å². The summed E-state index contributed by atoms with van der Waals surface area (Å²) in [4.78, 5) is 5.08. The number of ether oxygens (including phenoxy) is 1. The van der Waals surface area contributed by atoms with Crippen LogP contribution in [0.1, 0.15) is 69.2 Å². The number of hydrogen-bond acceptors (Lipinski definition) is 5.